The Morgan fingerprint density at radius 3 is 2.52 bits per heavy atom. The number of methoxy groups -OCH3 is 1. The highest BCUT2D eigenvalue weighted by Crippen LogP contribution is 2.12. The summed E-state index contributed by atoms with van der Waals surface area (Å²) in [6.07, 6.45) is 0. The Balaban J connectivity index is 2.33. The van der Waals surface area contributed by atoms with Crippen LogP contribution in [0.1, 0.15) is 17.3 Å². The molecule has 23 heavy (non-hydrogen) atoms. The van der Waals surface area contributed by atoms with Crippen LogP contribution in [0.25, 0.3) is 0 Å². The minimum absolute atomic E-state index is 0.320. The van der Waals surface area contributed by atoms with Gasteiger partial charge in [0.2, 0.25) is 5.91 Å². The summed E-state index contributed by atoms with van der Waals surface area (Å²) in [6, 6.07) is 6.39. The summed E-state index contributed by atoms with van der Waals surface area (Å²) in [5.74, 6) is -1.93. The van der Waals surface area contributed by atoms with Crippen LogP contribution in [0.4, 0.5) is 0 Å². The molecule has 9 heteroatoms. The Bertz CT molecular complexity index is 602. The molecular weight excluding hydrogens is 306 g/mol. The Labute approximate surface area is 132 Å². The second kappa shape index (κ2) is 9.03. The van der Waals surface area contributed by atoms with Gasteiger partial charge in [0.25, 0.3) is 11.8 Å². The minimum atomic E-state index is -0.792. The first kappa shape index (κ1) is 18.0. The highest BCUT2D eigenvalue weighted by molar-refractivity contribution is 5.96. The molecule has 124 valence electrons. The van der Waals surface area contributed by atoms with Gasteiger partial charge >= 0.3 is 5.97 Å². The van der Waals surface area contributed by atoms with Crippen molar-refractivity contribution in [3.8, 4) is 5.75 Å². The van der Waals surface area contributed by atoms with Crippen LogP contribution in [-0.2, 0) is 19.1 Å². The van der Waals surface area contributed by atoms with E-state index in [9.17, 15) is 19.2 Å². The van der Waals surface area contributed by atoms with E-state index in [0.717, 1.165) is 0 Å². The third-order valence-corrected chi connectivity index (χ3v) is 2.47. The van der Waals surface area contributed by atoms with E-state index < -0.39 is 36.8 Å². The summed E-state index contributed by atoms with van der Waals surface area (Å²) >= 11 is 0. The summed E-state index contributed by atoms with van der Waals surface area (Å²) in [5, 5.41) is 2.35. The van der Waals surface area contributed by atoms with Gasteiger partial charge in [-0.25, -0.2) is 0 Å². The van der Waals surface area contributed by atoms with Crippen LogP contribution >= 0.6 is 0 Å². The molecule has 0 aliphatic carbocycles. The number of esters is 1. The Kier molecular flexibility index (Phi) is 7.05. The maximum absolute atomic E-state index is 11.8. The van der Waals surface area contributed by atoms with E-state index in [1.54, 1.807) is 18.2 Å². The number of hydrazine groups is 1. The molecule has 0 bridgehead atoms. The lowest BCUT2D eigenvalue weighted by Gasteiger charge is -2.08. The fraction of sp³-hybridized carbons (Fsp3) is 0.286. The number of carbonyl (C=O) groups is 4. The second-order valence-electron chi connectivity index (χ2n) is 4.30. The van der Waals surface area contributed by atoms with E-state index in [-0.39, 0.29) is 0 Å². The Morgan fingerprint density at radius 2 is 1.87 bits per heavy atom. The van der Waals surface area contributed by atoms with Crippen LogP contribution in [0.15, 0.2) is 24.3 Å². The van der Waals surface area contributed by atoms with Crippen molar-refractivity contribution in [3.05, 3.63) is 29.8 Å². The normalized spacial score (nSPS) is 9.48. The molecule has 0 aromatic heterocycles. The van der Waals surface area contributed by atoms with E-state index in [4.69, 9.17) is 4.74 Å². The third kappa shape index (κ3) is 6.93. The summed E-state index contributed by atoms with van der Waals surface area (Å²) in [6.45, 7) is 0.234. The maximum atomic E-state index is 11.8. The molecular formula is C14H17N3O6. The van der Waals surface area contributed by atoms with Gasteiger partial charge in [-0.1, -0.05) is 6.07 Å². The largest absolute Gasteiger partial charge is 0.497 e. The third-order valence-electron chi connectivity index (χ3n) is 2.47. The van der Waals surface area contributed by atoms with Crippen molar-refractivity contribution < 1.29 is 28.7 Å². The zero-order valence-electron chi connectivity index (χ0n) is 12.7. The van der Waals surface area contributed by atoms with Crippen molar-refractivity contribution in [2.45, 2.75) is 6.92 Å². The number of nitrogens with one attached hydrogen (secondary N) is 3. The van der Waals surface area contributed by atoms with E-state index in [2.05, 4.69) is 10.1 Å². The fourth-order valence-corrected chi connectivity index (χ4v) is 1.41. The summed E-state index contributed by atoms with van der Waals surface area (Å²) in [4.78, 5) is 45.0. The second-order valence-corrected chi connectivity index (χ2v) is 4.30. The van der Waals surface area contributed by atoms with Gasteiger partial charge < -0.3 is 14.8 Å². The van der Waals surface area contributed by atoms with Gasteiger partial charge in [0, 0.05) is 12.5 Å². The lowest BCUT2D eigenvalue weighted by atomic mass is 10.2. The SMILES string of the molecule is COc1cccc(C(=O)NCC(=O)OCC(=O)NNC(C)=O)c1. The minimum Gasteiger partial charge on any atom is -0.497 e. The van der Waals surface area contributed by atoms with Gasteiger partial charge in [0.1, 0.15) is 12.3 Å². The van der Waals surface area contributed by atoms with Crippen LogP contribution < -0.4 is 20.9 Å². The molecule has 0 fully saturated rings. The van der Waals surface area contributed by atoms with Gasteiger partial charge in [-0.05, 0) is 18.2 Å². The Hall–Kier alpha value is -3.10. The number of amides is 3. The molecule has 0 spiro atoms. The first-order valence-corrected chi connectivity index (χ1v) is 6.55. The van der Waals surface area contributed by atoms with Crippen LogP contribution in [0.2, 0.25) is 0 Å². The van der Waals surface area contributed by atoms with Crippen LogP contribution in [-0.4, -0.2) is 44.0 Å². The standard InChI is InChI=1S/C14H17N3O6/c1-9(18)16-17-12(19)8-23-13(20)7-15-14(21)10-4-3-5-11(6-10)22-2/h3-6H,7-8H2,1-2H3,(H,15,21)(H,16,18)(H,17,19). The van der Waals surface area contributed by atoms with Crippen LogP contribution in [0, 0.1) is 0 Å². The molecule has 3 N–H and O–H groups in total. The van der Waals surface area contributed by atoms with E-state index in [1.165, 1.54) is 20.1 Å². The molecule has 1 aromatic carbocycles. The van der Waals surface area contributed by atoms with Gasteiger partial charge in [-0.3, -0.25) is 30.0 Å². The molecule has 0 aliphatic heterocycles. The lowest BCUT2D eigenvalue weighted by molar-refractivity contribution is -0.148. The van der Waals surface area contributed by atoms with Crippen LogP contribution in [0.3, 0.4) is 0 Å². The number of hydrogen-bond acceptors (Lipinski definition) is 6. The summed E-state index contributed by atoms with van der Waals surface area (Å²) in [7, 11) is 1.47. The molecule has 1 aromatic rings. The molecule has 9 nitrogen and oxygen atoms in total. The van der Waals surface area contributed by atoms with Gasteiger partial charge in [0.15, 0.2) is 6.61 Å². The predicted molar refractivity (Wildman–Crippen MR) is 78.2 cm³/mol. The summed E-state index contributed by atoms with van der Waals surface area (Å²) < 4.78 is 9.61. The van der Waals surface area contributed by atoms with Crippen LogP contribution in [0.5, 0.6) is 5.75 Å². The smallest absolute Gasteiger partial charge is 0.325 e. The molecule has 0 heterocycles. The van der Waals surface area contributed by atoms with E-state index in [1.807, 2.05) is 10.9 Å². The monoisotopic (exact) mass is 323 g/mol. The molecule has 0 atom stereocenters. The molecule has 0 saturated carbocycles. The first-order chi connectivity index (χ1) is 10.9. The average Bonchev–Trinajstić information content (AvgIpc) is 2.55. The molecule has 0 unspecified atom stereocenters. The van der Waals surface area contributed by atoms with Crippen molar-refractivity contribution >= 4 is 23.7 Å². The molecule has 1 rings (SSSR count). The van der Waals surface area contributed by atoms with Crippen molar-refractivity contribution in [3.63, 3.8) is 0 Å². The predicted octanol–water partition coefficient (Wildman–Crippen LogP) is -0.864. The highest BCUT2D eigenvalue weighted by Gasteiger charge is 2.11. The molecule has 3 amide bonds. The zero-order valence-corrected chi connectivity index (χ0v) is 12.7. The number of rotatable bonds is 6. The Morgan fingerprint density at radius 1 is 1.13 bits per heavy atom. The van der Waals surface area contributed by atoms with Crippen molar-refractivity contribution in [2.24, 2.45) is 0 Å². The lowest BCUT2D eigenvalue weighted by Crippen LogP contribution is -2.43. The molecule has 0 aliphatic rings. The van der Waals surface area contributed by atoms with E-state index >= 15 is 0 Å². The number of carbonyl (C=O) groups excluding carboxylic acids is 4. The van der Waals surface area contributed by atoms with Crippen molar-refractivity contribution in [1.82, 2.24) is 16.2 Å². The number of ether oxygens (including phenoxy) is 2. The highest BCUT2D eigenvalue weighted by atomic mass is 16.5. The van der Waals surface area contributed by atoms with E-state index in [0.29, 0.717) is 11.3 Å². The van der Waals surface area contributed by atoms with Gasteiger partial charge in [0.05, 0.1) is 7.11 Å². The topological polar surface area (TPSA) is 123 Å². The van der Waals surface area contributed by atoms with Gasteiger partial charge in [-0.15, -0.1) is 0 Å². The van der Waals surface area contributed by atoms with Crippen molar-refractivity contribution in [1.29, 1.82) is 0 Å². The number of hydrogen-bond donors (Lipinski definition) is 3. The molecule has 0 saturated heterocycles. The zero-order chi connectivity index (χ0) is 17.2. The summed E-state index contributed by atoms with van der Waals surface area (Å²) in [5.41, 5.74) is 4.38. The quantitative estimate of drug-likeness (QED) is 0.462. The fourth-order valence-electron chi connectivity index (χ4n) is 1.41. The average molecular weight is 323 g/mol. The van der Waals surface area contributed by atoms with Crippen molar-refractivity contribution in [2.75, 3.05) is 20.3 Å². The number of benzene rings is 1. The maximum Gasteiger partial charge on any atom is 0.325 e. The molecule has 0 radical (unpaired) electrons. The first-order valence-electron chi connectivity index (χ1n) is 6.55. The van der Waals surface area contributed by atoms with Gasteiger partial charge in [-0.2, -0.15) is 0 Å².